The van der Waals surface area contributed by atoms with E-state index in [1.165, 1.54) is 12.1 Å². The molecule has 0 spiro atoms. The molecular formula is C20H27ClFNO2. The Morgan fingerprint density at radius 2 is 1.76 bits per heavy atom. The minimum Gasteiger partial charge on any atom is -0.489 e. The van der Waals surface area contributed by atoms with Crippen LogP contribution in [0.1, 0.15) is 31.4 Å². The number of nitrogens with one attached hydrogen (secondary N) is 1. The molecule has 0 atom stereocenters. The molecule has 5 heteroatoms. The molecule has 0 aromatic heterocycles. The van der Waals surface area contributed by atoms with E-state index in [1.54, 1.807) is 12.1 Å². The molecule has 3 nitrogen and oxygen atoms in total. The first-order chi connectivity index (χ1) is 11.6. The normalized spacial score (nSPS) is 10.6. The average Bonchev–Trinajstić information content (AvgIpc) is 2.58. The summed E-state index contributed by atoms with van der Waals surface area (Å²) in [6, 6.07) is 14.4. The number of hydrogen-bond acceptors (Lipinski definition) is 3. The zero-order valence-electron chi connectivity index (χ0n) is 14.8. The van der Waals surface area contributed by atoms with Crippen LogP contribution in [0.15, 0.2) is 48.5 Å². The topological polar surface area (TPSA) is 30.5 Å². The molecule has 0 bridgehead atoms. The van der Waals surface area contributed by atoms with E-state index in [0.717, 1.165) is 43.0 Å². The van der Waals surface area contributed by atoms with Gasteiger partial charge in [0, 0.05) is 18.7 Å². The monoisotopic (exact) mass is 367 g/mol. The van der Waals surface area contributed by atoms with Crippen LogP contribution < -0.4 is 10.1 Å². The summed E-state index contributed by atoms with van der Waals surface area (Å²) in [6.07, 6.45) is 1.27. The van der Waals surface area contributed by atoms with Crippen LogP contribution in [-0.4, -0.2) is 19.3 Å². The SMILES string of the molecule is CC(C)OCCCNCc1ccccc1OCc1ccc(F)cc1.Cl. The first-order valence-corrected chi connectivity index (χ1v) is 8.42. The Bertz CT molecular complexity index is 605. The Morgan fingerprint density at radius 3 is 2.48 bits per heavy atom. The molecule has 138 valence electrons. The maximum Gasteiger partial charge on any atom is 0.124 e. The van der Waals surface area contributed by atoms with E-state index in [4.69, 9.17) is 9.47 Å². The second-order valence-electron chi connectivity index (χ2n) is 5.97. The molecule has 2 aromatic rings. The van der Waals surface area contributed by atoms with E-state index < -0.39 is 0 Å². The Balaban J connectivity index is 0.00000312. The van der Waals surface area contributed by atoms with Crippen molar-refractivity contribution < 1.29 is 13.9 Å². The van der Waals surface area contributed by atoms with Crippen LogP contribution >= 0.6 is 12.4 Å². The molecule has 2 rings (SSSR count). The molecule has 0 radical (unpaired) electrons. The standard InChI is InChI=1S/C20H26FNO2.ClH/c1-16(2)23-13-5-12-22-14-18-6-3-4-7-20(18)24-15-17-8-10-19(21)11-9-17;/h3-4,6-11,16,22H,5,12-15H2,1-2H3;1H. The molecule has 0 saturated heterocycles. The summed E-state index contributed by atoms with van der Waals surface area (Å²) in [7, 11) is 0. The zero-order valence-corrected chi connectivity index (χ0v) is 15.7. The largest absolute Gasteiger partial charge is 0.489 e. The minimum atomic E-state index is -0.232. The van der Waals surface area contributed by atoms with Gasteiger partial charge in [0.15, 0.2) is 0 Å². The number of halogens is 2. The van der Waals surface area contributed by atoms with Crippen molar-refractivity contribution >= 4 is 12.4 Å². The third-order valence-electron chi connectivity index (χ3n) is 3.54. The van der Waals surface area contributed by atoms with Crippen molar-refractivity contribution in [2.24, 2.45) is 0 Å². The van der Waals surface area contributed by atoms with E-state index >= 15 is 0 Å². The summed E-state index contributed by atoms with van der Waals surface area (Å²) in [5, 5.41) is 3.41. The van der Waals surface area contributed by atoms with Gasteiger partial charge in [-0.05, 0) is 50.6 Å². The number of rotatable bonds is 10. The summed E-state index contributed by atoms with van der Waals surface area (Å²) in [4.78, 5) is 0. The lowest BCUT2D eigenvalue weighted by Crippen LogP contribution is -2.17. The fraction of sp³-hybridized carbons (Fsp3) is 0.400. The van der Waals surface area contributed by atoms with Crippen molar-refractivity contribution in [3.63, 3.8) is 0 Å². The fourth-order valence-electron chi connectivity index (χ4n) is 2.27. The van der Waals surface area contributed by atoms with Crippen molar-refractivity contribution in [3.8, 4) is 5.75 Å². The van der Waals surface area contributed by atoms with Crippen LogP contribution in [0, 0.1) is 5.82 Å². The van der Waals surface area contributed by atoms with E-state index in [2.05, 4.69) is 11.4 Å². The van der Waals surface area contributed by atoms with Gasteiger partial charge in [-0.15, -0.1) is 12.4 Å². The van der Waals surface area contributed by atoms with Crippen molar-refractivity contribution in [3.05, 3.63) is 65.5 Å². The van der Waals surface area contributed by atoms with E-state index in [9.17, 15) is 4.39 Å². The predicted octanol–water partition coefficient (Wildman–Crippen LogP) is 4.73. The predicted molar refractivity (Wildman–Crippen MR) is 102 cm³/mol. The summed E-state index contributed by atoms with van der Waals surface area (Å²) >= 11 is 0. The molecule has 1 N–H and O–H groups in total. The average molecular weight is 368 g/mol. The van der Waals surface area contributed by atoms with Crippen LogP contribution in [0.25, 0.3) is 0 Å². The maximum absolute atomic E-state index is 12.9. The second-order valence-corrected chi connectivity index (χ2v) is 5.97. The van der Waals surface area contributed by atoms with Gasteiger partial charge in [0.25, 0.3) is 0 Å². The third-order valence-corrected chi connectivity index (χ3v) is 3.54. The number of hydrogen-bond donors (Lipinski definition) is 1. The smallest absolute Gasteiger partial charge is 0.124 e. The van der Waals surface area contributed by atoms with Gasteiger partial charge in [-0.1, -0.05) is 30.3 Å². The number of para-hydroxylation sites is 1. The highest BCUT2D eigenvalue weighted by atomic mass is 35.5. The molecule has 0 unspecified atom stereocenters. The Labute approximate surface area is 156 Å². The molecule has 0 aliphatic rings. The van der Waals surface area contributed by atoms with Crippen LogP contribution in [0.4, 0.5) is 4.39 Å². The van der Waals surface area contributed by atoms with Crippen LogP contribution in [-0.2, 0) is 17.9 Å². The Hall–Kier alpha value is -1.62. The lowest BCUT2D eigenvalue weighted by molar-refractivity contribution is 0.0770. The molecule has 25 heavy (non-hydrogen) atoms. The maximum atomic E-state index is 12.9. The number of benzene rings is 2. The lowest BCUT2D eigenvalue weighted by atomic mass is 10.2. The minimum absolute atomic E-state index is 0. The van der Waals surface area contributed by atoms with Crippen LogP contribution in [0.3, 0.4) is 0 Å². The molecule has 0 amide bonds. The molecule has 0 saturated carbocycles. The molecule has 0 aliphatic heterocycles. The van der Waals surface area contributed by atoms with E-state index in [0.29, 0.717) is 6.61 Å². The summed E-state index contributed by atoms with van der Waals surface area (Å²) in [5.41, 5.74) is 2.06. The van der Waals surface area contributed by atoms with Gasteiger partial charge >= 0.3 is 0 Å². The molecule has 2 aromatic carbocycles. The fourth-order valence-corrected chi connectivity index (χ4v) is 2.27. The summed E-state index contributed by atoms with van der Waals surface area (Å²) in [6.45, 7) is 6.94. The van der Waals surface area contributed by atoms with Gasteiger partial charge in [0.05, 0.1) is 6.10 Å². The van der Waals surface area contributed by atoms with E-state index in [1.807, 2.05) is 32.0 Å². The van der Waals surface area contributed by atoms with Crippen molar-refractivity contribution in [2.75, 3.05) is 13.2 Å². The van der Waals surface area contributed by atoms with Crippen LogP contribution in [0.2, 0.25) is 0 Å². The lowest BCUT2D eigenvalue weighted by Gasteiger charge is -2.13. The van der Waals surface area contributed by atoms with Gasteiger partial charge in [-0.3, -0.25) is 0 Å². The Kier molecular flexibility index (Phi) is 10.2. The first-order valence-electron chi connectivity index (χ1n) is 8.42. The van der Waals surface area contributed by atoms with Gasteiger partial charge in [-0.2, -0.15) is 0 Å². The van der Waals surface area contributed by atoms with Crippen molar-refractivity contribution in [2.45, 2.75) is 39.5 Å². The highest BCUT2D eigenvalue weighted by Crippen LogP contribution is 2.19. The van der Waals surface area contributed by atoms with E-state index in [-0.39, 0.29) is 24.3 Å². The zero-order chi connectivity index (χ0) is 17.2. The highest BCUT2D eigenvalue weighted by molar-refractivity contribution is 5.85. The van der Waals surface area contributed by atoms with Gasteiger partial charge in [0.1, 0.15) is 18.2 Å². The second kappa shape index (κ2) is 11.9. The van der Waals surface area contributed by atoms with Gasteiger partial charge < -0.3 is 14.8 Å². The summed E-state index contributed by atoms with van der Waals surface area (Å²) < 4.78 is 24.3. The van der Waals surface area contributed by atoms with Gasteiger partial charge in [-0.25, -0.2) is 4.39 Å². The van der Waals surface area contributed by atoms with Crippen molar-refractivity contribution in [1.82, 2.24) is 5.32 Å². The third kappa shape index (κ3) is 8.34. The number of ether oxygens (including phenoxy) is 2. The molecule has 0 heterocycles. The van der Waals surface area contributed by atoms with Crippen molar-refractivity contribution in [1.29, 1.82) is 0 Å². The highest BCUT2D eigenvalue weighted by Gasteiger charge is 2.03. The first kappa shape index (κ1) is 21.4. The molecule has 0 aliphatic carbocycles. The quantitative estimate of drug-likeness (QED) is 0.616. The molecular weight excluding hydrogens is 341 g/mol. The Morgan fingerprint density at radius 1 is 1.04 bits per heavy atom. The summed E-state index contributed by atoms with van der Waals surface area (Å²) in [5.74, 6) is 0.623. The van der Waals surface area contributed by atoms with Gasteiger partial charge in [0.2, 0.25) is 0 Å². The molecule has 0 fully saturated rings. The van der Waals surface area contributed by atoms with Crippen LogP contribution in [0.5, 0.6) is 5.75 Å².